The minimum atomic E-state index is -0.942. The second kappa shape index (κ2) is 6.90. The van der Waals surface area contributed by atoms with Crippen molar-refractivity contribution in [2.24, 2.45) is 5.92 Å². The van der Waals surface area contributed by atoms with Gasteiger partial charge in [-0.3, -0.25) is 19.7 Å². The number of amides is 1. The Morgan fingerprint density at radius 1 is 1.35 bits per heavy atom. The molecular weight excluding hydrogens is 342 g/mol. The number of carbonyl (C=O) groups is 2. The molecule has 10 nitrogen and oxygen atoms in total. The molecule has 136 valence electrons. The molecule has 0 bridgehead atoms. The molecule has 1 aromatic heterocycles. The first kappa shape index (κ1) is 17.5. The summed E-state index contributed by atoms with van der Waals surface area (Å²) in [5.41, 5.74) is 0.0541. The summed E-state index contributed by atoms with van der Waals surface area (Å²) in [5, 5.41) is 24.5. The Labute approximate surface area is 148 Å². The standard InChI is InChI=1S/C16H17N5O5/c1-10-2-3-12(16(23)24)7-19(10)15(22)11-4-5-13(14(6-11)21(25)26)20-9-17-8-18-20/h4-6,8-10,12H,2-3,7H2,1H3,(H,23,24). The van der Waals surface area contributed by atoms with Gasteiger partial charge in [-0.15, -0.1) is 0 Å². The van der Waals surface area contributed by atoms with Crippen LogP contribution in [0.4, 0.5) is 5.69 Å². The Kier molecular flexibility index (Phi) is 4.65. The van der Waals surface area contributed by atoms with Gasteiger partial charge in [0.05, 0.1) is 10.8 Å². The lowest BCUT2D eigenvalue weighted by atomic mass is 9.93. The van der Waals surface area contributed by atoms with E-state index in [0.717, 1.165) is 0 Å². The number of rotatable bonds is 4. The van der Waals surface area contributed by atoms with Gasteiger partial charge in [-0.1, -0.05) is 0 Å². The Morgan fingerprint density at radius 2 is 2.12 bits per heavy atom. The minimum Gasteiger partial charge on any atom is -0.481 e. The van der Waals surface area contributed by atoms with Gasteiger partial charge < -0.3 is 10.0 Å². The Hall–Kier alpha value is -3.30. The summed E-state index contributed by atoms with van der Waals surface area (Å²) in [6.45, 7) is 1.93. The maximum absolute atomic E-state index is 12.8. The van der Waals surface area contributed by atoms with Gasteiger partial charge in [0, 0.05) is 24.2 Å². The summed E-state index contributed by atoms with van der Waals surface area (Å²) < 4.78 is 1.25. The first-order chi connectivity index (χ1) is 12.4. The first-order valence-corrected chi connectivity index (χ1v) is 8.05. The number of benzene rings is 1. The summed E-state index contributed by atoms with van der Waals surface area (Å²) in [6.07, 6.45) is 3.66. The highest BCUT2D eigenvalue weighted by Gasteiger charge is 2.33. The lowest BCUT2D eigenvalue weighted by molar-refractivity contribution is -0.384. The number of nitro groups is 1. The van der Waals surface area contributed by atoms with E-state index in [-0.39, 0.29) is 29.5 Å². The molecule has 2 unspecified atom stereocenters. The molecule has 3 rings (SSSR count). The van der Waals surface area contributed by atoms with Crippen LogP contribution in [0.5, 0.6) is 0 Å². The van der Waals surface area contributed by atoms with Crippen molar-refractivity contribution < 1.29 is 19.6 Å². The lowest BCUT2D eigenvalue weighted by Gasteiger charge is -2.36. The quantitative estimate of drug-likeness (QED) is 0.646. The van der Waals surface area contributed by atoms with Crippen LogP contribution >= 0.6 is 0 Å². The summed E-state index contributed by atoms with van der Waals surface area (Å²) in [6, 6.07) is 3.97. The number of aromatic nitrogens is 3. The molecule has 1 aliphatic rings. The van der Waals surface area contributed by atoms with Crippen molar-refractivity contribution in [3.8, 4) is 5.69 Å². The predicted molar refractivity (Wildman–Crippen MR) is 88.9 cm³/mol. The molecule has 1 aromatic carbocycles. The number of likely N-dealkylation sites (tertiary alicyclic amines) is 1. The van der Waals surface area contributed by atoms with Crippen LogP contribution in [-0.2, 0) is 4.79 Å². The SMILES string of the molecule is CC1CCC(C(=O)O)CN1C(=O)c1ccc(-n2cncn2)c([N+](=O)[O-])c1. The van der Waals surface area contributed by atoms with Crippen molar-refractivity contribution in [1.82, 2.24) is 19.7 Å². The Morgan fingerprint density at radius 3 is 2.73 bits per heavy atom. The third kappa shape index (κ3) is 3.25. The summed E-state index contributed by atoms with van der Waals surface area (Å²) in [5.74, 6) is -1.99. The predicted octanol–water partition coefficient (Wildman–Crippen LogP) is 1.50. The summed E-state index contributed by atoms with van der Waals surface area (Å²) in [4.78, 5) is 40.1. The van der Waals surface area contributed by atoms with Gasteiger partial charge in [0.1, 0.15) is 18.3 Å². The highest BCUT2D eigenvalue weighted by Crippen LogP contribution is 2.27. The van der Waals surface area contributed by atoms with E-state index >= 15 is 0 Å². The molecule has 0 saturated carbocycles. The molecule has 2 atom stereocenters. The number of nitrogens with zero attached hydrogens (tertiary/aromatic N) is 5. The van der Waals surface area contributed by atoms with Crippen molar-refractivity contribution in [1.29, 1.82) is 0 Å². The summed E-state index contributed by atoms with van der Waals surface area (Å²) >= 11 is 0. The van der Waals surface area contributed by atoms with E-state index in [9.17, 15) is 24.8 Å². The zero-order valence-electron chi connectivity index (χ0n) is 14.0. The van der Waals surface area contributed by atoms with Crippen molar-refractivity contribution in [2.75, 3.05) is 6.54 Å². The van der Waals surface area contributed by atoms with Crippen molar-refractivity contribution in [3.63, 3.8) is 0 Å². The van der Waals surface area contributed by atoms with E-state index in [1.54, 1.807) is 0 Å². The van der Waals surface area contributed by atoms with Crippen LogP contribution in [0.1, 0.15) is 30.1 Å². The van der Waals surface area contributed by atoms with Gasteiger partial charge in [0.2, 0.25) is 0 Å². The average molecular weight is 359 g/mol. The highest BCUT2D eigenvalue weighted by atomic mass is 16.6. The fourth-order valence-electron chi connectivity index (χ4n) is 3.09. The summed E-state index contributed by atoms with van der Waals surface area (Å²) in [7, 11) is 0. The maximum Gasteiger partial charge on any atom is 0.308 e. The molecule has 1 saturated heterocycles. The van der Waals surface area contributed by atoms with E-state index in [1.807, 2.05) is 6.92 Å². The average Bonchev–Trinajstić information content (AvgIpc) is 3.15. The number of aliphatic carboxylic acids is 1. The molecule has 0 aliphatic carbocycles. The zero-order chi connectivity index (χ0) is 18.8. The third-order valence-corrected chi connectivity index (χ3v) is 4.58. The minimum absolute atomic E-state index is 0.0912. The highest BCUT2D eigenvalue weighted by molar-refractivity contribution is 5.96. The fraction of sp³-hybridized carbons (Fsp3) is 0.375. The molecule has 10 heteroatoms. The van der Waals surface area contributed by atoms with Crippen LogP contribution < -0.4 is 0 Å². The van der Waals surface area contributed by atoms with E-state index in [0.29, 0.717) is 12.8 Å². The van der Waals surface area contributed by atoms with Gasteiger partial charge in [-0.05, 0) is 31.9 Å². The van der Waals surface area contributed by atoms with Gasteiger partial charge in [-0.25, -0.2) is 9.67 Å². The molecule has 1 N–H and O–H groups in total. The molecule has 0 radical (unpaired) electrons. The van der Waals surface area contributed by atoms with E-state index in [4.69, 9.17) is 0 Å². The number of carboxylic acid groups (broad SMARTS) is 1. The van der Waals surface area contributed by atoms with Crippen molar-refractivity contribution >= 4 is 17.6 Å². The van der Waals surface area contributed by atoms with Crippen LogP contribution in [0, 0.1) is 16.0 Å². The topological polar surface area (TPSA) is 131 Å². The van der Waals surface area contributed by atoms with Crippen LogP contribution in [0.3, 0.4) is 0 Å². The van der Waals surface area contributed by atoms with Gasteiger partial charge in [0.15, 0.2) is 0 Å². The monoisotopic (exact) mass is 359 g/mol. The Bertz CT molecular complexity index is 851. The third-order valence-electron chi connectivity index (χ3n) is 4.58. The molecule has 1 aliphatic heterocycles. The molecule has 0 spiro atoms. The molecule has 2 aromatic rings. The molecule has 1 fully saturated rings. The largest absolute Gasteiger partial charge is 0.481 e. The number of carbonyl (C=O) groups excluding carboxylic acids is 1. The van der Waals surface area contributed by atoms with Gasteiger partial charge in [-0.2, -0.15) is 5.10 Å². The second-order valence-corrected chi connectivity index (χ2v) is 6.22. The van der Waals surface area contributed by atoms with E-state index < -0.39 is 22.7 Å². The maximum atomic E-state index is 12.8. The smallest absolute Gasteiger partial charge is 0.308 e. The number of hydrogen-bond donors (Lipinski definition) is 1. The fourth-order valence-corrected chi connectivity index (χ4v) is 3.09. The van der Waals surface area contributed by atoms with Gasteiger partial charge in [0.25, 0.3) is 11.6 Å². The molecule has 26 heavy (non-hydrogen) atoms. The molecule has 1 amide bonds. The van der Waals surface area contributed by atoms with Crippen molar-refractivity contribution in [2.45, 2.75) is 25.8 Å². The number of hydrogen-bond acceptors (Lipinski definition) is 6. The van der Waals surface area contributed by atoms with Crippen LogP contribution in [0.25, 0.3) is 5.69 Å². The number of piperidine rings is 1. The van der Waals surface area contributed by atoms with Crippen LogP contribution in [0.15, 0.2) is 30.9 Å². The number of carboxylic acids is 1. The normalized spacial score (nSPS) is 20.0. The second-order valence-electron chi connectivity index (χ2n) is 6.22. The zero-order valence-corrected chi connectivity index (χ0v) is 14.0. The van der Waals surface area contributed by atoms with Crippen molar-refractivity contribution in [3.05, 3.63) is 46.5 Å². The van der Waals surface area contributed by atoms with E-state index in [2.05, 4.69) is 10.1 Å². The van der Waals surface area contributed by atoms with Crippen LogP contribution in [0.2, 0.25) is 0 Å². The molecule has 2 heterocycles. The van der Waals surface area contributed by atoms with E-state index in [1.165, 1.54) is 40.4 Å². The Balaban J connectivity index is 1.93. The number of nitro benzene ring substituents is 1. The van der Waals surface area contributed by atoms with Crippen LogP contribution in [-0.4, -0.2) is 54.2 Å². The lowest BCUT2D eigenvalue weighted by Crippen LogP contribution is -2.47. The van der Waals surface area contributed by atoms with Gasteiger partial charge >= 0.3 is 5.97 Å². The first-order valence-electron chi connectivity index (χ1n) is 8.05. The molecular formula is C16H17N5O5.